The summed E-state index contributed by atoms with van der Waals surface area (Å²) in [7, 11) is 0. The molecule has 4 heteroatoms. The van der Waals surface area contributed by atoms with Gasteiger partial charge in [0.05, 0.1) is 9.75 Å². The van der Waals surface area contributed by atoms with Crippen LogP contribution in [0.5, 0.6) is 0 Å². The van der Waals surface area contributed by atoms with Crippen LogP contribution in [0.15, 0.2) is 61.2 Å². The lowest BCUT2D eigenvalue weighted by Gasteiger charge is -1.97. The molecule has 22 heavy (non-hydrogen) atoms. The zero-order valence-electron chi connectivity index (χ0n) is 11.7. The average molecular weight is 304 g/mol. The maximum absolute atomic E-state index is 12.2. The largest absolute Gasteiger partial charge is 0.293 e. The number of carbonyl (C=O) groups is 1. The Hall–Kier alpha value is -2.77. The van der Waals surface area contributed by atoms with Gasteiger partial charge in [0.25, 0.3) is 0 Å². The molecule has 0 atom stereocenters. The van der Waals surface area contributed by atoms with Crippen molar-refractivity contribution in [1.82, 2.24) is 9.97 Å². The third kappa shape index (κ3) is 3.66. The monoisotopic (exact) mass is 304 g/mol. The van der Waals surface area contributed by atoms with Crippen molar-refractivity contribution in [2.24, 2.45) is 0 Å². The van der Waals surface area contributed by atoms with Gasteiger partial charge in [-0.15, -0.1) is 11.3 Å². The van der Waals surface area contributed by atoms with Gasteiger partial charge in [0.2, 0.25) is 0 Å². The van der Waals surface area contributed by atoms with E-state index >= 15 is 0 Å². The molecule has 0 radical (unpaired) electrons. The zero-order valence-corrected chi connectivity index (χ0v) is 12.5. The molecule has 0 bridgehead atoms. The van der Waals surface area contributed by atoms with Crippen molar-refractivity contribution in [3.63, 3.8) is 0 Å². The number of ketones is 1. The number of aromatic nitrogens is 2. The predicted octanol–water partition coefficient (Wildman–Crippen LogP) is 3.36. The highest BCUT2D eigenvalue weighted by atomic mass is 32.1. The lowest BCUT2D eigenvalue weighted by molar-refractivity contribution is 0.0997. The Balaban J connectivity index is 1.71. The molecule has 0 saturated carbocycles. The highest BCUT2D eigenvalue weighted by Crippen LogP contribution is 2.18. The van der Waals surface area contributed by atoms with Crippen LogP contribution < -0.4 is 0 Å². The molecule has 0 fully saturated rings. The zero-order chi connectivity index (χ0) is 15.2. The number of nitrogens with zero attached hydrogens (tertiary/aromatic N) is 2. The van der Waals surface area contributed by atoms with E-state index in [2.05, 4.69) is 21.8 Å². The minimum absolute atomic E-state index is 0.105. The van der Waals surface area contributed by atoms with Crippen molar-refractivity contribution in [1.29, 1.82) is 0 Å². The van der Waals surface area contributed by atoms with Crippen molar-refractivity contribution < 1.29 is 4.79 Å². The quantitative estimate of drug-likeness (QED) is 0.550. The molecule has 3 aromatic heterocycles. The minimum atomic E-state index is 0.105. The van der Waals surface area contributed by atoms with E-state index in [4.69, 9.17) is 0 Å². The summed E-state index contributed by atoms with van der Waals surface area (Å²) in [5.74, 6) is 6.25. The summed E-state index contributed by atoms with van der Waals surface area (Å²) in [5, 5.41) is 0. The average Bonchev–Trinajstić information content (AvgIpc) is 3.04. The van der Waals surface area contributed by atoms with E-state index in [1.807, 2.05) is 36.4 Å². The SMILES string of the molecule is O=C(Cc1ccncc1)c1ccc(C#Cc2ccncc2)s1. The highest BCUT2D eigenvalue weighted by molar-refractivity contribution is 7.14. The number of hydrogen-bond acceptors (Lipinski definition) is 4. The standard InChI is InChI=1S/C18H12N2OS/c21-17(13-15-7-11-20-12-8-15)18-4-3-16(22-18)2-1-14-5-9-19-10-6-14/h3-12H,13H2. The molecule has 0 unspecified atom stereocenters. The van der Waals surface area contributed by atoms with Gasteiger partial charge in [0, 0.05) is 36.8 Å². The van der Waals surface area contributed by atoms with Gasteiger partial charge in [0.1, 0.15) is 0 Å². The molecule has 3 heterocycles. The van der Waals surface area contributed by atoms with Crippen LogP contribution in [0.3, 0.4) is 0 Å². The van der Waals surface area contributed by atoms with Gasteiger partial charge in [-0.1, -0.05) is 11.8 Å². The summed E-state index contributed by atoms with van der Waals surface area (Å²) in [6.45, 7) is 0. The van der Waals surface area contributed by atoms with Crippen LogP contribution in [-0.4, -0.2) is 15.8 Å². The first-order valence-corrected chi connectivity index (χ1v) is 7.57. The first-order valence-electron chi connectivity index (χ1n) is 6.75. The fourth-order valence-electron chi connectivity index (χ4n) is 1.90. The number of hydrogen-bond donors (Lipinski definition) is 0. The van der Waals surface area contributed by atoms with Gasteiger partial charge in [-0.25, -0.2) is 0 Å². The van der Waals surface area contributed by atoms with Crippen LogP contribution in [0.2, 0.25) is 0 Å². The first-order chi connectivity index (χ1) is 10.8. The Bertz CT molecular complexity index is 830. The lowest BCUT2D eigenvalue weighted by Crippen LogP contribution is -2.00. The summed E-state index contributed by atoms with van der Waals surface area (Å²) < 4.78 is 0. The van der Waals surface area contributed by atoms with Gasteiger partial charge < -0.3 is 0 Å². The van der Waals surface area contributed by atoms with Crippen molar-refractivity contribution in [3.05, 3.63) is 82.1 Å². The lowest BCUT2D eigenvalue weighted by atomic mass is 10.1. The van der Waals surface area contributed by atoms with Crippen molar-refractivity contribution >= 4 is 17.1 Å². The maximum atomic E-state index is 12.2. The van der Waals surface area contributed by atoms with Crippen LogP contribution in [0.25, 0.3) is 0 Å². The number of pyridine rings is 2. The number of Topliss-reactive ketones (excluding diaryl/α,β-unsaturated/α-hetero) is 1. The van der Waals surface area contributed by atoms with Crippen LogP contribution in [0.1, 0.15) is 25.7 Å². The molecule has 0 aliphatic carbocycles. The molecule has 106 valence electrons. The Morgan fingerprint density at radius 3 is 2.32 bits per heavy atom. The fraction of sp³-hybridized carbons (Fsp3) is 0.0556. The summed E-state index contributed by atoms with van der Waals surface area (Å²) in [4.78, 5) is 21.8. The molecule has 0 N–H and O–H groups in total. The second-order valence-electron chi connectivity index (χ2n) is 4.61. The second kappa shape index (κ2) is 6.79. The van der Waals surface area contributed by atoms with Crippen LogP contribution in [0, 0.1) is 11.8 Å². The molecule has 3 rings (SSSR count). The Morgan fingerprint density at radius 2 is 1.59 bits per heavy atom. The van der Waals surface area contributed by atoms with Gasteiger partial charge >= 0.3 is 0 Å². The summed E-state index contributed by atoms with van der Waals surface area (Å²) in [6.07, 6.45) is 7.20. The maximum Gasteiger partial charge on any atom is 0.177 e. The third-order valence-electron chi connectivity index (χ3n) is 3.01. The first kappa shape index (κ1) is 14.2. The molecule has 0 spiro atoms. The van der Waals surface area contributed by atoms with E-state index < -0.39 is 0 Å². The third-order valence-corrected chi connectivity index (χ3v) is 4.05. The van der Waals surface area contributed by atoms with Crippen molar-refractivity contribution in [3.8, 4) is 11.8 Å². The van der Waals surface area contributed by atoms with E-state index in [-0.39, 0.29) is 5.78 Å². The molecule has 0 aliphatic heterocycles. The summed E-state index contributed by atoms with van der Waals surface area (Å²) >= 11 is 1.43. The molecule has 0 aromatic carbocycles. The Morgan fingerprint density at radius 1 is 0.909 bits per heavy atom. The van der Waals surface area contributed by atoms with Gasteiger partial charge in [0.15, 0.2) is 5.78 Å². The second-order valence-corrected chi connectivity index (χ2v) is 5.69. The van der Waals surface area contributed by atoms with Crippen LogP contribution in [0.4, 0.5) is 0 Å². The molecule has 0 saturated heterocycles. The van der Waals surface area contributed by atoms with Crippen LogP contribution >= 0.6 is 11.3 Å². The van der Waals surface area contributed by atoms with Gasteiger partial charge in [-0.3, -0.25) is 14.8 Å². The Labute approximate surface area is 132 Å². The van der Waals surface area contributed by atoms with Gasteiger partial charge in [-0.05, 0) is 42.0 Å². The number of thiophene rings is 1. The van der Waals surface area contributed by atoms with Crippen molar-refractivity contribution in [2.45, 2.75) is 6.42 Å². The molecule has 0 amide bonds. The normalized spacial score (nSPS) is 9.82. The molecular formula is C18H12N2OS. The number of rotatable bonds is 3. The molecule has 3 aromatic rings. The summed E-state index contributed by atoms with van der Waals surface area (Å²) in [5.41, 5.74) is 1.88. The smallest absolute Gasteiger partial charge is 0.177 e. The highest BCUT2D eigenvalue weighted by Gasteiger charge is 2.09. The van der Waals surface area contributed by atoms with E-state index in [1.165, 1.54) is 11.3 Å². The topological polar surface area (TPSA) is 42.9 Å². The Kier molecular flexibility index (Phi) is 4.38. The molecule has 0 aliphatic rings. The molecule has 3 nitrogen and oxygen atoms in total. The van der Waals surface area contributed by atoms with E-state index in [0.717, 1.165) is 20.9 Å². The molecular weight excluding hydrogens is 292 g/mol. The van der Waals surface area contributed by atoms with E-state index in [0.29, 0.717) is 6.42 Å². The number of carbonyl (C=O) groups excluding carboxylic acids is 1. The van der Waals surface area contributed by atoms with Gasteiger partial charge in [-0.2, -0.15) is 0 Å². The van der Waals surface area contributed by atoms with E-state index in [9.17, 15) is 4.79 Å². The van der Waals surface area contributed by atoms with Crippen molar-refractivity contribution in [2.75, 3.05) is 0 Å². The minimum Gasteiger partial charge on any atom is -0.293 e. The summed E-state index contributed by atoms with van der Waals surface area (Å²) in [6, 6.07) is 11.2. The van der Waals surface area contributed by atoms with E-state index in [1.54, 1.807) is 24.8 Å². The predicted molar refractivity (Wildman–Crippen MR) is 86.8 cm³/mol. The fourth-order valence-corrected chi connectivity index (χ4v) is 2.69. The van der Waals surface area contributed by atoms with Crippen LogP contribution in [-0.2, 0) is 6.42 Å².